The molecule has 0 saturated carbocycles. The molecule has 0 aliphatic heterocycles. The normalized spacial score (nSPS) is 12.1. The van der Waals surface area contributed by atoms with E-state index < -0.39 is 12.1 Å². The minimum absolute atomic E-state index is 0.254. The van der Waals surface area contributed by atoms with Gasteiger partial charge in [0.15, 0.2) is 11.9 Å². The van der Waals surface area contributed by atoms with Crippen LogP contribution in [0.2, 0.25) is 0 Å². The lowest BCUT2D eigenvalue weighted by Crippen LogP contribution is -2.17. The Labute approximate surface area is 140 Å². The molecule has 0 amide bonds. The summed E-state index contributed by atoms with van der Waals surface area (Å²) < 4.78 is 6.18. The summed E-state index contributed by atoms with van der Waals surface area (Å²) in [5, 5.41) is 0.502. The molecule has 0 aliphatic rings. The first kappa shape index (κ1) is 15.4. The predicted octanol–water partition coefficient (Wildman–Crippen LogP) is 3.60. The number of carbonyl (C=O) groups is 1. The molecule has 0 bridgehead atoms. The third-order valence-electron chi connectivity index (χ3n) is 3.36. The largest absolute Gasteiger partial charge is 0.451 e. The van der Waals surface area contributed by atoms with Gasteiger partial charge in [0.2, 0.25) is 0 Å². The van der Waals surface area contributed by atoms with Crippen molar-refractivity contribution in [3.8, 4) is 0 Å². The zero-order chi connectivity index (χ0) is 16.4. The van der Waals surface area contributed by atoms with Gasteiger partial charge in [-0.3, -0.25) is 4.79 Å². The molecule has 1 N–H and O–H groups in total. The number of hydrogen-bond donors (Lipinski definition) is 1. The highest BCUT2D eigenvalue weighted by Gasteiger charge is 2.17. The van der Waals surface area contributed by atoms with Crippen LogP contribution >= 0.6 is 15.9 Å². The van der Waals surface area contributed by atoms with Gasteiger partial charge in [0.1, 0.15) is 0 Å². The number of esters is 1. The Bertz CT molecular complexity index is 936. The van der Waals surface area contributed by atoms with Gasteiger partial charge in [0.05, 0.1) is 16.5 Å². The maximum Gasteiger partial charge on any atom is 0.338 e. The van der Waals surface area contributed by atoms with Gasteiger partial charge in [-0.15, -0.1) is 0 Å². The molecule has 6 heteroatoms. The highest BCUT2D eigenvalue weighted by Crippen LogP contribution is 2.18. The number of rotatable bonds is 3. The first-order valence-electron chi connectivity index (χ1n) is 7.00. The maximum absolute atomic E-state index is 12.2. The number of nitrogens with zero attached hydrogens (tertiary/aromatic N) is 1. The molecule has 23 heavy (non-hydrogen) atoms. The third-order valence-corrected chi connectivity index (χ3v) is 3.85. The second kappa shape index (κ2) is 6.34. The number of halogens is 1. The molecule has 0 unspecified atom stereocenters. The molecule has 1 atom stereocenters. The van der Waals surface area contributed by atoms with Crippen LogP contribution in [0.25, 0.3) is 10.9 Å². The number of nitrogens with one attached hydrogen (secondary N) is 1. The molecule has 0 radical (unpaired) electrons. The van der Waals surface area contributed by atoms with E-state index in [0.717, 1.165) is 4.47 Å². The first-order chi connectivity index (χ1) is 11.0. The van der Waals surface area contributed by atoms with Gasteiger partial charge < -0.3 is 9.72 Å². The number of aromatic amines is 1. The highest BCUT2D eigenvalue weighted by molar-refractivity contribution is 9.10. The maximum atomic E-state index is 12.2. The minimum Gasteiger partial charge on any atom is -0.451 e. The van der Waals surface area contributed by atoms with Crippen LogP contribution in [-0.2, 0) is 4.74 Å². The van der Waals surface area contributed by atoms with Gasteiger partial charge >= 0.3 is 5.97 Å². The lowest BCUT2D eigenvalue weighted by molar-refractivity contribution is 0.0320. The number of fused-ring (bicyclic) bond motifs is 1. The molecule has 2 aromatic carbocycles. The summed E-state index contributed by atoms with van der Waals surface area (Å²) in [4.78, 5) is 31.3. The summed E-state index contributed by atoms with van der Waals surface area (Å²) in [6, 6.07) is 13.9. The number of aromatic nitrogens is 2. The summed E-state index contributed by atoms with van der Waals surface area (Å²) in [5.74, 6) is -0.161. The van der Waals surface area contributed by atoms with Crippen LogP contribution < -0.4 is 5.56 Å². The van der Waals surface area contributed by atoms with Crippen LogP contribution in [0.3, 0.4) is 0 Å². The quantitative estimate of drug-likeness (QED) is 0.712. The summed E-state index contributed by atoms with van der Waals surface area (Å²) in [7, 11) is 0. The van der Waals surface area contributed by atoms with Crippen molar-refractivity contribution in [2.45, 2.75) is 13.0 Å². The van der Waals surface area contributed by atoms with Gasteiger partial charge in [-0.1, -0.05) is 34.1 Å². The van der Waals surface area contributed by atoms with Gasteiger partial charge in [-0.25, -0.2) is 9.78 Å². The average molecular weight is 373 g/mol. The van der Waals surface area contributed by atoms with Gasteiger partial charge in [0, 0.05) is 4.47 Å². The predicted molar refractivity (Wildman–Crippen MR) is 90.3 cm³/mol. The molecule has 0 saturated heterocycles. The lowest BCUT2D eigenvalue weighted by Gasteiger charge is -2.13. The zero-order valence-electron chi connectivity index (χ0n) is 12.2. The monoisotopic (exact) mass is 372 g/mol. The van der Waals surface area contributed by atoms with E-state index in [1.54, 1.807) is 49.4 Å². The summed E-state index contributed by atoms with van der Waals surface area (Å²) in [5.41, 5.74) is 0.738. The van der Waals surface area contributed by atoms with E-state index in [-0.39, 0.29) is 5.56 Å². The summed E-state index contributed by atoms with van der Waals surface area (Å²) in [6.07, 6.45) is -0.668. The highest BCUT2D eigenvalue weighted by atomic mass is 79.9. The van der Waals surface area contributed by atoms with Crippen LogP contribution in [0, 0.1) is 0 Å². The molecule has 5 nitrogen and oxygen atoms in total. The van der Waals surface area contributed by atoms with E-state index in [4.69, 9.17) is 4.74 Å². The molecule has 0 spiro atoms. The number of hydrogen-bond acceptors (Lipinski definition) is 4. The smallest absolute Gasteiger partial charge is 0.338 e. The molecule has 3 rings (SSSR count). The van der Waals surface area contributed by atoms with Crippen molar-refractivity contribution < 1.29 is 9.53 Å². The fourth-order valence-corrected chi connectivity index (χ4v) is 2.60. The Balaban J connectivity index is 1.87. The van der Waals surface area contributed by atoms with Crippen molar-refractivity contribution in [2.24, 2.45) is 0 Å². The van der Waals surface area contributed by atoms with Crippen molar-refractivity contribution in [1.82, 2.24) is 9.97 Å². The van der Waals surface area contributed by atoms with Crippen LogP contribution in [0.5, 0.6) is 0 Å². The fourth-order valence-electron chi connectivity index (χ4n) is 2.20. The van der Waals surface area contributed by atoms with E-state index in [9.17, 15) is 9.59 Å². The molecular weight excluding hydrogens is 360 g/mol. The van der Waals surface area contributed by atoms with Crippen molar-refractivity contribution in [3.63, 3.8) is 0 Å². The molecule has 1 heterocycles. The number of carbonyl (C=O) groups excluding carboxylic acids is 1. The summed E-state index contributed by atoms with van der Waals surface area (Å²) >= 11 is 3.31. The van der Waals surface area contributed by atoms with Gasteiger partial charge in [0.25, 0.3) is 5.56 Å². The third kappa shape index (κ3) is 3.32. The van der Waals surface area contributed by atoms with E-state index in [1.807, 2.05) is 6.07 Å². The zero-order valence-corrected chi connectivity index (χ0v) is 13.8. The molecule has 116 valence electrons. The Kier molecular flexibility index (Phi) is 4.25. The second-order valence-corrected chi connectivity index (χ2v) is 5.94. The fraction of sp³-hybridized carbons (Fsp3) is 0.118. The van der Waals surface area contributed by atoms with Crippen molar-refractivity contribution in [3.05, 3.63) is 74.7 Å². The van der Waals surface area contributed by atoms with Crippen LogP contribution in [0.1, 0.15) is 29.2 Å². The van der Waals surface area contributed by atoms with Crippen molar-refractivity contribution in [2.75, 3.05) is 0 Å². The van der Waals surface area contributed by atoms with Crippen LogP contribution in [0.15, 0.2) is 57.8 Å². The second-order valence-electron chi connectivity index (χ2n) is 5.03. The molecule has 3 aromatic rings. The Morgan fingerprint density at radius 2 is 2.00 bits per heavy atom. The Morgan fingerprint density at radius 1 is 1.22 bits per heavy atom. The number of benzene rings is 2. The molecule has 1 aromatic heterocycles. The van der Waals surface area contributed by atoms with Crippen LogP contribution in [-0.4, -0.2) is 15.9 Å². The van der Waals surface area contributed by atoms with E-state index >= 15 is 0 Å². The molecular formula is C17H13BrN2O3. The Morgan fingerprint density at radius 3 is 2.78 bits per heavy atom. The number of ether oxygens (including phenoxy) is 1. The van der Waals surface area contributed by atoms with Crippen molar-refractivity contribution >= 4 is 32.8 Å². The topological polar surface area (TPSA) is 72.0 Å². The van der Waals surface area contributed by atoms with E-state index in [1.165, 1.54) is 0 Å². The molecule has 0 aliphatic carbocycles. The first-order valence-corrected chi connectivity index (χ1v) is 7.79. The van der Waals surface area contributed by atoms with Gasteiger partial charge in [-0.2, -0.15) is 0 Å². The number of H-pyrrole nitrogens is 1. The van der Waals surface area contributed by atoms with E-state index in [0.29, 0.717) is 22.3 Å². The SMILES string of the molecule is C[C@@H](OC(=O)c1cccc(Br)c1)c1nc2ccccc2c(=O)[nH]1. The lowest BCUT2D eigenvalue weighted by atomic mass is 10.2. The van der Waals surface area contributed by atoms with Gasteiger partial charge in [-0.05, 0) is 37.3 Å². The Hall–Kier alpha value is -2.47. The van der Waals surface area contributed by atoms with E-state index in [2.05, 4.69) is 25.9 Å². The van der Waals surface area contributed by atoms with Crippen molar-refractivity contribution in [1.29, 1.82) is 0 Å². The van der Waals surface area contributed by atoms with Crippen LogP contribution in [0.4, 0.5) is 0 Å². The summed E-state index contributed by atoms with van der Waals surface area (Å²) in [6.45, 7) is 1.67. The molecule has 0 fully saturated rings. The average Bonchev–Trinajstić information content (AvgIpc) is 2.54. The minimum atomic E-state index is -0.668. The number of para-hydroxylation sites is 1. The standard InChI is InChI=1S/C17H13BrN2O3/c1-10(23-17(22)11-5-4-6-12(18)9-11)15-19-14-8-3-2-7-13(14)16(21)20-15/h2-10H,1H3,(H,19,20,21)/t10-/m1/s1.